The van der Waals surface area contributed by atoms with Gasteiger partial charge >= 0.3 is 5.97 Å². The Kier molecular flexibility index (Phi) is 5.12. The van der Waals surface area contributed by atoms with E-state index >= 15 is 0 Å². The van der Waals surface area contributed by atoms with Crippen LogP contribution in [0.5, 0.6) is 0 Å². The second-order valence-corrected chi connectivity index (χ2v) is 5.30. The van der Waals surface area contributed by atoms with Crippen LogP contribution in [0, 0.1) is 13.8 Å². The van der Waals surface area contributed by atoms with Crippen LogP contribution < -0.4 is 5.32 Å². The molecule has 2 aromatic carbocycles. The Balaban J connectivity index is 1.88. The molecule has 0 radical (unpaired) electrons. The summed E-state index contributed by atoms with van der Waals surface area (Å²) in [6.45, 7) is 5.84. The van der Waals surface area contributed by atoms with E-state index in [2.05, 4.69) is 37.4 Å². The van der Waals surface area contributed by atoms with E-state index in [1.54, 1.807) is 18.2 Å². The van der Waals surface area contributed by atoms with E-state index in [0.29, 0.717) is 12.1 Å². The molecule has 0 saturated heterocycles. The lowest BCUT2D eigenvalue weighted by atomic mass is 10.0. The first-order chi connectivity index (χ1) is 10.1. The monoisotopic (exact) mass is 283 g/mol. The average Bonchev–Trinajstić information content (AvgIpc) is 2.46. The van der Waals surface area contributed by atoms with Crippen LogP contribution in [0.4, 0.5) is 0 Å². The van der Waals surface area contributed by atoms with Gasteiger partial charge in [0.2, 0.25) is 0 Å². The van der Waals surface area contributed by atoms with Gasteiger partial charge in [0, 0.05) is 6.54 Å². The number of carbonyl (C=O) groups is 1. The van der Waals surface area contributed by atoms with Crippen LogP contribution in [0.25, 0.3) is 0 Å². The van der Waals surface area contributed by atoms with Gasteiger partial charge in [-0.1, -0.05) is 30.3 Å². The SMILES string of the molecule is Cc1cccc(C)c1CCNCc1cccc(C(=O)O)c1. The molecule has 0 heterocycles. The quantitative estimate of drug-likeness (QED) is 0.799. The van der Waals surface area contributed by atoms with E-state index in [4.69, 9.17) is 5.11 Å². The maximum absolute atomic E-state index is 10.9. The van der Waals surface area contributed by atoms with Crippen molar-refractivity contribution in [3.05, 3.63) is 70.3 Å². The molecule has 3 heteroatoms. The number of carboxylic acid groups (broad SMARTS) is 1. The molecule has 0 amide bonds. The second kappa shape index (κ2) is 7.04. The molecule has 3 nitrogen and oxygen atoms in total. The van der Waals surface area contributed by atoms with E-state index in [1.165, 1.54) is 16.7 Å². The van der Waals surface area contributed by atoms with Crippen LogP contribution in [-0.4, -0.2) is 17.6 Å². The Bertz CT molecular complexity index is 615. The van der Waals surface area contributed by atoms with Crippen molar-refractivity contribution >= 4 is 5.97 Å². The van der Waals surface area contributed by atoms with Crippen molar-refractivity contribution < 1.29 is 9.90 Å². The highest BCUT2D eigenvalue weighted by atomic mass is 16.4. The van der Waals surface area contributed by atoms with Gasteiger partial charge in [-0.05, 0) is 61.2 Å². The molecular weight excluding hydrogens is 262 g/mol. The van der Waals surface area contributed by atoms with E-state index in [1.807, 2.05) is 6.07 Å². The zero-order valence-electron chi connectivity index (χ0n) is 12.5. The second-order valence-electron chi connectivity index (χ2n) is 5.30. The predicted octanol–water partition coefficient (Wildman–Crippen LogP) is 3.33. The number of carboxylic acids is 1. The summed E-state index contributed by atoms with van der Waals surface area (Å²) in [4.78, 5) is 10.9. The third kappa shape index (κ3) is 4.17. The molecule has 2 N–H and O–H groups in total. The summed E-state index contributed by atoms with van der Waals surface area (Å²) < 4.78 is 0. The molecule has 0 aliphatic rings. The molecule has 0 atom stereocenters. The summed E-state index contributed by atoms with van der Waals surface area (Å²) in [7, 11) is 0. The van der Waals surface area contributed by atoms with Gasteiger partial charge in [0.15, 0.2) is 0 Å². The first-order valence-corrected chi connectivity index (χ1v) is 7.16. The first kappa shape index (κ1) is 15.3. The molecule has 21 heavy (non-hydrogen) atoms. The number of hydrogen-bond donors (Lipinski definition) is 2. The van der Waals surface area contributed by atoms with Crippen molar-refractivity contribution in [2.24, 2.45) is 0 Å². The molecule has 0 unspecified atom stereocenters. The van der Waals surface area contributed by atoms with Crippen LogP contribution >= 0.6 is 0 Å². The third-order valence-electron chi connectivity index (χ3n) is 3.70. The highest BCUT2D eigenvalue weighted by molar-refractivity contribution is 5.87. The van der Waals surface area contributed by atoms with Crippen LogP contribution in [0.3, 0.4) is 0 Å². The standard InChI is InChI=1S/C18H21NO2/c1-13-5-3-6-14(2)17(13)9-10-19-12-15-7-4-8-16(11-15)18(20)21/h3-8,11,19H,9-10,12H2,1-2H3,(H,20,21). The van der Waals surface area contributed by atoms with E-state index in [0.717, 1.165) is 18.5 Å². The van der Waals surface area contributed by atoms with Gasteiger partial charge in [-0.15, -0.1) is 0 Å². The summed E-state index contributed by atoms with van der Waals surface area (Å²) in [5.74, 6) is -0.882. The lowest BCUT2D eigenvalue weighted by Gasteiger charge is -2.10. The zero-order chi connectivity index (χ0) is 15.2. The predicted molar refractivity (Wildman–Crippen MR) is 84.7 cm³/mol. The van der Waals surface area contributed by atoms with E-state index in [9.17, 15) is 4.79 Å². The van der Waals surface area contributed by atoms with Crippen molar-refractivity contribution in [1.82, 2.24) is 5.32 Å². The van der Waals surface area contributed by atoms with E-state index in [-0.39, 0.29) is 0 Å². The zero-order valence-corrected chi connectivity index (χ0v) is 12.5. The van der Waals surface area contributed by atoms with E-state index < -0.39 is 5.97 Å². The highest BCUT2D eigenvalue weighted by Crippen LogP contribution is 2.13. The molecule has 2 rings (SSSR count). The maximum Gasteiger partial charge on any atom is 0.335 e. The van der Waals surface area contributed by atoms with Gasteiger partial charge in [0.05, 0.1) is 5.56 Å². The van der Waals surface area contributed by atoms with Crippen molar-refractivity contribution in [1.29, 1.82) is 0 Å². The molecule has 0 saturated carbocycles. The Morgan fingerprint density at radius 1 is 1.10 bits per heavy atom. The Hall–Kier alpha value is -2.13. The molecule has 0 spiro atoms. The van der Waals surface area contributed by atoms with Crippen LogP contribution in [0.15, 0.2) is 42.5 Å². The van der Waals surface area contributed by atoms with Gasteiger partial charge in [-0.25, -0.2) is 4.79 Å². The lowest BCUT2D eigenvalue weighted by Crippen LogP contribution is -2.17. The smallest absolute Gasteiger partial charge is 0.335 e. The van der Waals surface area contributed by atoms with Gasteiger partial charge in [0.1, 0.15) is 0 Å². The number of aromatic carboxylic acids is 1. The highest BCUT2D eigenvalue weighted by Gasteiger charge is 2.04. The molecule has 0 aliphatic heterocycles. The van der Waals surface area contributed by atoms with Crippen LogP contribution in [0.1, 0.15) is 32.6 Å². The fourth-order valence-corrected chi connectivity index (χ4v) is 2.50. The molecule has 0 aromatic heterocycles. The van der Waals surface area contributed by atoms with Crippen molar-refractivity contribution in [3.8, 4) is 0 Å². The average molecular weight is 283 g/mol. The van der Waals surface area contributed by atoms with Gasteiger partial charge in [-0.3, -0.25) is 0 Å². The number of aryl methyl sites for hydroxylation is 2. The normalized spacial score (nSPS) is 10.6. The minimum atomic E-state index is -0.882. The molecule has 2 aromatic rings. The summed E-state index contributed by atoms with van der Waals surface area (Å²) in [6.07, 6.45) is 0.983. The molecule has 110 valence electrons. The Morgan fingerprint density at radius 3 is 2.43 bits per heavy atom. The molecule has 0 fully saturated rings. The third-order valence-corrected chi connectivity index (χ3v) is 3.70. The number of hydrogen-bond acceptors (Lipinski definition) is 2. The van der Waals surface area contributed by atoms with Gasteiger partial charge < -0.3 is 10.4 Å². The first-order valence-electron chi connectivity index (χ1n) is 7.16. The van der Waals surface area contributed by atoms with Crippen LogP contribution in [-0.2, 0) is 13.0 Å². The van der Waals surface area contributed by atoms with Crippen molar-refractivity contribution in [3.63, 3.8) is 0 Å². The van der Waals surface area contributed by atoms with Crippen molar-refractivity contribution in [2.75, 3.05) is 6.54 Å². The van der Waals surface area contributed by atoms with Gasteiger partial charge in [-0.2, -0.15) is 0 Å². The minimum absolute atomic E-state index is 0.337. The van der Waals surface area contributed by atoms with Gasteiger partial charge in [0.25, 0.3) is 0 Å². The number of nitrogens with one attached hydrogen (secondary N) is 1. The molecule has 0 aliphatic carbocycles. The summed E-state index contributed by atoms with van der Waals surface area (Å²) >= 11 is 0. The largest absolute Gasteiger partial charge is 0.478 e. The number of benzene rings is 2. The molecule has 0 bridgehead atoms. The Labute approximate surface area is 125 Å². The fourth-order valence-electron chi connectivity index (χ4n) is 2.50. The summed E-state index contributed by atoms with van der Waals surface area (Å²) in [5.41, 5.74) is 5.37. The number of rotatable bonds is 6. The Morgan fingerprint density at radius 2 is 1.76 bits per heavy atom. The maximum atomic E-state index is 10.9. The lowest BCUT2D eigenvalue weighted by molar-refractivity contribution is 0.0696. The van der Waals surface area contributed by atoms with Crippen molar-refractivity contribution in [2.45, 2.75) is 26.8 Å². The molecular formula is C18H21NO2. The topological polar surface area (TPSA) is 49.3 Å². The summed E-state index contributed by atoms with van der Waals surface area (Å²) in [6, 6.07) is 13.4. The minimum Gasteiger partial charge on any atom is -0.478 e. The summed E-state index contributed by atoms with van der Waals surface area (Å²) in [5, 5.41) is 12.3. The van der Waals surface area contributed by atoms with Crippen LogP contribution in [0.2, 0.25) is 0 Å². The fraction of sp³-hybridized carbons (Fsp3) is 0.278.